The summed E-state index contributed by atoms with van der Waals surface area (Å²) >= 11 is 0. The molecule has 0 rings (SSSR count). The fourth-order valence-corrected chi connectivity index (χ4v) is 1.58. The number of ether oxygens (including phenoxy) is 1. The Bertz CT molecular complexity index is 298. The molecule has 0 fully saturated rings. The SMILES string of the molecule is CCCCC(C)(C)C(=O)OC/C=C/C(C)(C)C(C)C. The molecule has 0 spiro atoms. The van der Waals surface area contributed by atoms with Gasteiger partial charge in [0.2, 0.25) is 0 Å². The molecule has 2 nitrogen and oxygen atoms in total. The van der Waals surface area contributed by atoms with Crippen LogP contribution in [0.15, 0.2) is 12.2 Å². The molecule has 0 atom stereocenters. The van der Waals surface area contributed by atoms with Gasteiger partial charge in [0.25, 0.3) is 0 Å². The molecule has 112 valence electrons. The van der Waals surface area contributed by atoms with Gasteiger partial charge in [0.05, 0.1) is 5.41 Å². The molecule has 0 aromatic heterocycles. The minimum atomic E-state index is -0.364. The molecule has 0 heterocycles. The average Bonchev–Trinajstić information content (AvgIpc) is 2.31. The highest BCUT2D eigenvalue weighted by Gasteiger charge is 2.28. The topological polar surface area (TPSA) is 26.3 Å². The van der Waals surface area contributed by atoms with E-state index in [1.165, 1.54) is 0 Å². The number of rotatable bonds is 8. The Morgan fingerprint density at radius 3 is 2.26 bits per heavy atom. The Balaban J connectivity index is 4.21. The van der Waals surface area contributed by atoms with Gasteiger partial charge in [-0.15, -0.1) is 0 Å². The van der Waals surface area contributed by atoms with Crippen molar-refractivity contribution in [3.8, 4) is 0 Å². The van der Waals surface area contributed by atoms with Gasteiger partial charge >= 0.3 is 5.97 Å². The van der Waals surface area contributed by atoms with Crippen LogP contribution in [0.5, 0.6) is 0 Å². The van der Waals surface area contributed by atoms with E-state index in [2.05, 4.69) is 40.7 Å². The second kappa shape index (κ2) is 7.72. The summed E-state index contributed by atoms with van der Waals surface area (Å²) in [7, 11) is 0. The molecule has 0 radical (unpaired) electrons. The van der Waals surface area contributed by atoms with E-state index >= 15 is 0 Å². The minimum absolute atomic E-state index is 0.0899. The predicted octanol–water partition coefficient (Wildman–Crippen LogP) is 4.98. The minimum Gasteiger partial charge on any atom is -0.461 e. The summed E-state index contributed by atoms with van der Waals surface area (Å²) in [5.74, 6) is 0.480. The van der Waals surface area contributed by atoms with Gasteiger partial charge in [-0.05, 0) is 31.6 Å². The van der Waals surface area contributed by atoms with Crippen molar-refractivity contribution in [2.24, 2.45) is 16.7 Å². The van der Waals surface area contributed by atoms with Crippen LogP contribution in [0, 0.1) is 16.7 Å². The van der Waals surface area contributed by atoms with Crippen molar-refractivity contribution in [3.05, 3.63) is 12.2 Å². The molecule has 0 aliphatic heterocycles. The lowest BCUT2D eigenvalue weighted by Crippen LogP contribution is -2.26. The van der Waals surface area contributed by atoms with E-state index in [1.54, 1.807) is 0 Å². The second-order valence-electron chi connectivity index (χ2n) is 6.96. The van der Waals surface area contributed by atoms with Crippen LogP contribution in [0.25, 0.3) is 0 Å². The Morgan fingerprint density at radius 1 is 1.21 bits per heavy atom. The van der Waals surface area contributed by atoms with Gasteiger partial charge in [0.15, 0.2) is 0 Å². The van der Waals surface area contributed by atoms with E-state index in [9.17, 15) is 4.79 Å². The molecule has 0 amide bonds. The number of hydrogen-bond donors (Lipinski definition) is 0. The van der Waals surface area contributed by atoms with E-state index < -0.39 is 0 Å². The fourth-order valence-electron chi connectivity index (χ4n) is 1.58. The van der Waals surface area contributed by atoms with Gasteiger partial charge in [0.1, 0.15) is 6.61 Å². The fraction of sp³-hybridized carbons (Fsp3) is 0.824. The summed E-state index contributed by atoms with van der Waals surface area (Å²) in [6.07, 6.45) is 7.18. The van der Waals surface area contributed by atoms with Crippen molar-refractivity contribution in [2.45, 2.75) is 67.7 Å². The molecular weight excluding hydrogens is 236 g/mol. The maximum absolute atomic E-state index is 12.0. The summed E-state index contributed by atoms with van der Waals surface area (Å²) in [4.78, 5) is 12.0. The molecular formula is C17H32O2. The van der Waals surface area contributed by atoms with E-state index in [0.717, 1.165) is 19.3 Å². The third-order valence-corrected chi connectivity index (χ3v) is 4.05. The van der Waals surface area contributed by atoms with Crippen LogP contribution in [-0.2, 0) is 9.53 Å². The number of carbonyl (C=O) groups excluding carboxylic acids is 1. The van der Waals surface area contributed by atoms with Crippen molar-refractivity contribution in [2.75, 3.05) is 6.61 Å². The quantitative estimate of drug-likeness (QED) is 0.458. The Labute approximate surface area is 119 Å². The van der Waals surface area contributed by atoms with Crippen molar-refractivity contribution in [1.82, 2.24) is 0 Å². The molecule has 0 aromatic rings. The van der Waals surface area contributed by atoms with Gasteiger partial charge in [-0.3, -0.25) is 4.79 Å². The van der Waals surface area contributed by atoms with Crippen LogP contribution in [0.2, 0.25) is 0 Å². The summed E-state index contributed by atoms with van der Waals surface area (Å²) in [6.45, 7) is 15.2. The lowest BCUT2D eigenvalue weighted by Gasteiger charge is -2.25. The van der Waals surface area contributed by atoms with Crippen molar-refractivity contribution >= 4 is 5.97 Å². The monoisotopic (exact) mass is 268 g/mol. The van der Waals surface area contributed by atoms with Crippen LogP contribution >= 0.6 is 0 Å². The van der Waals surface area contributed by atoms with E-state index in [0.29, 0.717) is 12.5 Å². The van der Waals surface area contributed by atoms with Crippen LogP contribution < -0.4 is 0 Å². The number of carbonyl (C=O) groups is 1. The van der Waals surface area contributed by atoms with Gasteiger partial charge in [-0.2, -0.15) is 0 Å². The molecule has 0 N–H and O–H groups in total. The van der Waals surface area contributed by atoms with Crippen molar-refractivity contribution < 1.29 is 9.53 Å². The van der Waals surface area contributed by atoms with Crippen LogP contribution in [0.1, 0.15) is 67.7 Å². The zero-order valence-corrected chi connectivity index (χ0v) is 13.9. The predicted molar refractivity (Wildman–Crippen MR) is 82.0 cm³/mol. The molecule has 0 aromatic carbocycles. The zero-order chi connectivity index (χ0) is 15.1. The largest absolute Gasteiger partial charge is 0.461 e. The summed E-state index contributed by atoms with van der Waals surface area (Å²) in [5, 5.41) is 0. The number of allylic oxidation sites excluding steroid dienone is 1. The average molecular weight is 268 g/mol. The standard InChI is InChI=1S/C17H32O2/c1-8-9-11-17(6,7)15(18)19-13-10-12-16(4,5)14(2)3/h10,12,14H,8-9,11,13H2,1-7H3/b12-10+. The molecule has 19 heavy (non-hydrogen) atoms. The van der Waals surface area contributed by atoms with E-state index in [4.69, 9.17) is 4.74 Å². The highest BCUT2D eigenvalue weighted by atomic mass is 16.5. The maximum atomic E-state index is 12.0. The lowest BCUT2D eigenvalue weighted by atomic mass is 9.81. The first-order valence-corrected chi connectivity index (χ1v) is 7.48. The number of unbranched alkanes of at least 4 members (excludes halogenated alkanes) is 1. The van der Waals surface area contributed by atoms with E-state index in [-0.39, 0.29) is 16.8 Å². The lowest BCUT2D eigenvalue weighted by molar-refractivity contribution is -0.153. The first-order chi connectivity index (χ1) is 8.63. The van der Waals surface area contributed by atoms with Crippen molar-refractivity contribution in [3.63, 3.8) is 0 Å². The zero-order valence-electron chi connectivity index (χ0n) is 13.9. The van der Waals surface area contributed by atoms with Gasteiger partial charge in [-0.25, -0.2) is 0 Å². The Hall–Kier alpha value is -0.790. The third kappa shape index (κ3) is 6.79. The summed E-state index contributed by atoms with van der Waals surface area (Å²) in [5.41, 5.74) is -0.221. The molecule has 0 saturated heterocycles. The van der Waals surface area contributed by atoms with Crippen LogP contribution in [0.3, 0.4) is 0 Å². The number of hydrogen-bond acceptors (Lipinski definition) is 2. The molecule has 0 bridgehead atoms. The molecule has 0 aliphatic rings. The first-order valence-electron chi connectivity index (χ1n) is 7.48. The normalized spacial score (nSPS) is 13.3. The molecule has 2 heteroatoms. The van der Waals surface area contributed by atoms with Gasteiger partial charge in [-0.1, -0.05) is 59.6 Å². The van der Waals surface area contributed by atoms with Gasteiger partial charge < -0.3 is 4.74 Å². The highest BCUT2D eigenvalue weighted by molar-refractivity contribution is 5.75. The second-order valence-corrected chi connectivity index (χ2v) is 6.96. The highest BCUT2D eigenvalue weighted by Crippen LogP contribution is 2.28. The Morgan fingerprint density at radius 2 is 1.79 bits per heavy atom. The number of esters is 1. The Kier molecular flexibility index (Phi) is 7.39. The van der Waals surface area contributed by atoms with Crippen molar-refractivity contribution in [1.29, 1.82) is 0 Å². The van der Waals surface area contributed by atoms with Crippen LogP contribution in [0.4, 0.5) is 0 Å². The first kappa shape index (κ1) is 18.2. The van der Waals surface area contributed by atoms with E-state index in [1.807, 2.05) is 19.9 Å². The van der Waals surface area contributed by atoms with Gasteiger partial charge in [0, 0.05) is 0 Å². The smallest absolute Gasteiger partial charge is 0.311 e. The van der Waals surface area contributed by atoms with Crippen LogP contribution in [-0.4, -0.2) is 12.6 Å². The summed E-state index contributed by atoms with van der Waals surface area (Å²) < 4.78 is 5.35. The molecule has 0 saturated carbocycles. The summed E-state index contributed by atoms with van der Waals surface area (Å²) in [6, 6.07) is 0. The third-order valence-electron chi connectivity index (χ3n) is 4.05. The maximum Gasteiger partial charge on any atom is 0.311 e. The molecule has 0 aliphatic carbocycles. The molecule has 0 unspecified atom stereocenters.